The molecule has 1 unspecified atom stereocenters. The minimum absolute atomic E-state index is 0.000250. The van der Waals surface area contributed by atoms with Gasteiger partial charge in [-0.2, -0.15) is 0 Å². The molecule has 33 heavy (non-hydrogen) atoms. The summed E-state index contributed by atoms with van der Waals surface area (Å²) in [5, 5.41) is 11.9. The van der Waals surface area contributed by atoms with Gasteiger partial charge < -0.3 is 20.1 Å². The van der Waals surface area contributed by atoms with E-state index in [2.05, 4.69) is 29.6 Å². The fourth-order valence-electron chi connectivity index (χ4n) is 4.18. The molecule has 1 aliphatic rings. The highest BCUT2D eigenvalue weighted by Gasteiger charge is 2.30. The maximum absolute atomic E-state index is 12.6. The quantitative estimate of drug-likeness (QED) is 0.597. The lowest BCUT2D eigenvalue weighted by atomic mass is 9.98. The second-order valence-electron chi connectivity index (χ2n) is 9.04. The fourth-order valence-corrected chi connectivity index (χ4v) is 4.18. The van der Waals surface area contributed by atoms with E-state index in [1.54, 1.807) is 14.0 Å². The van der Waals surface area contributed by atoms with E-state index < -0.39 is 24.0 Å². The standard InChI is InChI=1S/C26H32N2O5/c1-16(2)23(13-24(29)28(4)14-17(3)25(30)31)27-26(32)33-15-22-20-11-7-5-9-18(20)19-10-6-8-12-21(19)22/h5-12,16-17,22-23H,13-15H2,1-4H3,(H,27,32)(H,30,31)/t17?,23-/m0/s1. The number of hydrogen-bond donors (Lipinski definition) is 2. The zero-order chi connectivity index (χ0) is 24.1. The van der Waals surface area contributed by atoms with Crippen molar-refractivity contribution < 1.29 is 24.2 Å². The van der Waals surface area contributed by atoms with Crippen LogP contribution in [0, 0.1) is 11.8 Å². The van der Waals surface area contributed by atoms with Crippen molar-refractivity contribution in [2.75, 3.05) is 20.2 Å². The smallest absolute Gasteiger partial charge is 0.407 e. The van der Waals surface area contributed by atoms with Gasteiger partial charge in [0, 0.05) is 32.0 Å². The van der Waals surface area contributed by atoms with Gasteiger partial charge in [0.25, 0.3) is 0 Å². The van der Waals surface area contributed by atoms with E-state index >= 15 is 0 Å². The number of hydrogen-bond acceptors (Lipinski definition) is 4. The highest BCUT2D eigenvalue weighted by atomic mass is 16.5. The predicted octanol–water partition coefficient (Wildman–Crippen LogP) is 4.12. The first kappa shape index (κ1) is 24.3. The molecule has 2 aromatic rings. The summed E-state index contributed by atoms with van der Waals surface area (Å²) < 4.78 is 5.61. The second kappa shape index (κ2) is 10.5. The minimum atomic E-state index is -0.952. The molecule has 0 aromatic heterocycles. The number of carboxylic acid groups (broad SMARTS) is 1. The van der Waals surface area contributed by atoms with Gasteiger partial charge in [-0.1, -0.05) is 69.3 Å². The summed E-state index contributed by atoms with van der Waals surface area (Å²) in [6, 6.07) is 15.8. The molecule has 0 aliphatic heterocycles. The van der Waals surface area contributed by atoms with Crippen LogP contribution in [0.2, 0.25) is 0 Å². The van der Waals surface area contributed by atoms with Crippen LogP contribution < -0.4 is 5.32 Å². The fraction of sp³-hybridized carbons (Fsp3) is 0.423. The molecule has 2 N–H and O–H groups in total. The Balaban J connectivity index is 1.60. The van der Waals surface area contributed by atoms with Crippen molar-refractivity contribution >= 4 is 18.0 Å². The molecule has 1 aliphatic carbocycles. The van der Waals surface area contributed by atoms with Crippen LogP contribution in [0.15, 0.2) is 48.5 Å². The topological polar surface area (TPSA) is 95.9 Å². The van der Waals surface area contributed by atoms with Crippen molar-refractivity contribution in [1.82, 2.24) is 10.2 Å². The number of amides is 2. The summed E-state index contributed by atoms with van der Waals surface area (Å²) in [7, 11) is 1.58. The van der Waals surface area contributed by atoms with Crippen LogP contribution in [-0.4, -0.2) is 54.2 Å². The number of nitrogens with zero attached hydrogens (tertiary/aromatic N) is 1. The van der Waals surface area contributed by atoms with Crippen molar-refractivity contribution in [3.05, 3.63) is 59.7 Å². The molecule has 0 saturated heterocycles. The van der Waals surface area contributed by atoms with Crippen molar-refractivity contribution in [2.45, 2.75) is 39.2 Å². The number of fused-ring (bicyclic) bond motifs is 3. The van der Waals surface area contributed by atoms with Gasteiger partial charge >= 0.3 is 12.1 Å². The summed E-state index contributed by atoms with van der Waals surface area (Å²) in [4.78, 5) is 37.7. The van der Waals surface area contributed by atoms with Gasteiger partial charge in [0.1, 0.15) is 6.61 Å². The Bertz CT molecular complexity index is 974. The second-order valence-corrected chi connectivity index (χ2v) is 9.04. The highest BCUT2D eigenvalue weighted by Crippen LogP contribution is 2.44. The molecule has 0 heterocycles. The van der Waals surface area contributed by atoms with Gasteiger partial charge in [0.05, 0.1) is 5.92 Å². The molecule has 176 valence electrons. The lowest BCUT2D eigenvalue weighted by Crippen LogP contribution is -2.44. The third kappa shape index (κ3) is 5.72. The molecule has 0 saturated carbocycles. The number of carboxylic acids is 1. The van der Waals surface area contributed by atoms with Crippen LogP contribution in [0.5, 0.6) is 0 Å². The number of carbonyl (C=O) groups is 3. The van der Waals surface area contributed by atoms with E-state index in [1.807, 2.05) is 38.1 Å². The molecule has 0 bridgehead atoms. The Kier molecular flexibility index (Phi) is 7.74. The zero-order valence-corrected chi connectivity index (χ0v) is 19.6. The van der Waals surface area contributed by atoms with Gasteiger partial charge in [-0.25, -0.2) is 4.79 Å². The Hall–Kier alpha value is -3.35. The highest BCUT2D eigenvalue weighted by molar-refractivity contribution is 5.80. The predicted molar refractivity (Wildman–Crippen MR) is 126 cm³/mol. The van der Waals surface area contributed by atoms with E-state index in [4.69, 9.17) is 9.84 Å². The molecule has 3 rings (SSSR count). The largest absolute Gasteiger partial charge is 0.481 e. The summed E-state index contributed by atoms with van der Waals surface area (Å²) in [6.07, 6.45) is -0.491. The lowest BCUT2D eigenvalue weighted by molar-refractivity contribution is -0.142. The first-order valence-electron chi connectivity index (χ1n) is 11.3. The van der Waals surface area contributed by atoms with Crippen LogP contribution in [0.4, 0.5) is 4.79 Å². The first-order chi connectivity index (χ1) is 15.7. The Morgan fingerprint density at radius 1 is 1.00 bits per heavy atom. The van der Waals surface area contributed by atoms with E-state index in [1.165, 1.54) is 4.90 Å². The number of rotatable bonds is 9. The van der Waals surface area contributed by atoms with Crippen LogP contribution >= 0.6 is 0 Å². The lowest BCUT2D eigenvalue weighted by Gasteiger charge is -2.26. The van der Waals surface area contributed by atoms with Crippen LogP contribution in [0.1, 0.15) is 44.2 Å². The minimum Gasteiger partial charge on any atom is -0.481 e. The van der Waals surface area contributed by atoms with Crippen LogP contribution in [0.25, 0.3) is 11.1 Å². The number of ether oxygens (including phenoxy) is 1. The average Bonchev–Trinajstić information content (AvgIpc) is 3.10. The van der Waals surface area contributed by atoms with E-state index in [9.17, 15) is 14.4 Å². The van der Waals surface area contributed by atoms with Crippen molar-refractivity contribution in [1.29, 1.82) is 0 Å². The van der Waals surface area contributed by atoms with Gasteiger partial charge in [-0.15, -0.1) is 0 Å². The summed E-state index contributed by atoms with van der Waals surface area (Å²) in [5.41, 5.74) is 4.59. The molecule has 2 atom stereocenters. The number of aliphatic carboxylic acids is 1. The molecular formula is C26H32N2O5. The molecule has 2 amide bonds. The third-order valence-electron chi connectivity index (χ3n) is 6.24. The SMILES string of the molecule is CC(CN(C)C(=O)C[C@H](NC(=O)OCC1c2ccccc2-c2ccccc21)C(C)C)C(=O)O. The summed E-state index contributed by atoms with van der Waals surface area (Å²) in [6.45, 7) is 5.71. The zero-order valence-electron chi connectivity index (χ0n) is 19.6. The van der Waals surface area contributed by atoms with Crippen molar-refractivity contribution in [2.24, 2.45) is 11.8 Å². The maximum Gasteiger partial charge on any atom is 0.407 e. The van der Waals surface area contributed by atoms with Crippen LogP contribution in [0.3, 0.4) is 0 Å². The van der Waals surface area contributed by atoms with Crippen molar-refractivity contribution in [3.8, 4) is 11.1 Å². The molecular weight excluding hydrogens is 420 g/mol. The summed E-state index contributed by atoms with van der Waals surface area (Å²) >= 11 is 0. The summed E-state index contributed by atoms with van der Waals surface area (Å²) in [5.74, 6) is -1.87. The maximum atomic E-state index is 12.6. The number of alkyl carbamates (subject to hydrolysis) is 1. The molecule has 2 aromatic carbocycles. The molecule has 0 fully saturated rings. The molecule has 7 nitrogen and oxygen atoms in total. The van der Waals surface area contributed by atoms with Crippen LogP contribution in [-0.2, 0) is 14.3 Å². The van der Waals surface area contributed by atoms with E-state index in [0.29, 0.717) is 0 Å². The Morgan fingerprint density at radius 3 is 2.06 bits per heavy atom. The first-order valence-corrected chi connectivity index (χ1v) is 11.3. The third-order valence-corrected chi connectivity index (χ3v) is 6.24. The normalized spacial score (nSPS) is 14.2. The number of benzene rings is 2. The Labute approximate surface area is 194 Å². The van der Waals surface area contributed by atoms with Crippen molar-refractivity contribution in [3.63, 3.8) is 0 Å². The molecule has 0 radical (unpaired) electrons. The van der Waals surface area contributed by atoms with E-state index in [0.717, 1.165) is 22.3 Å². The average molecular weight is 453 g/mol. The van der Waals surface area contributed by atoms with Gasteiger partial charge in [-0.3, -0.25) is 9.59 Å². The van der Waals surface area contributed by atoms with Gasteiger partial charge in [0.2, 0.25) is 5.91 Å². The Morgan fingerprint density at radius 2 is 1.55 bits per heavy atom. The van der Waals surface area contributed by atoms with Gasteiger partial charge in [-0.05, 0) is 28.2 Å². The number of nitrogens with one attached hydrogen (secondary N) is 1. The van der Waals surface area contributed by atoms with E-state index in [-0.39, 0.29) is 37.3 Å². The number of carbonyl (C=O) groups excluding carboxylic acids is 2. The monoisotopic (exact) mass is 452 g/mol. The molecule has 7 heteroatoms. The molecule has 0 spiro atoms. The van der Waals surface area contributed by atoms with Gasteiger partial charge in [0.15, 0.2) is 0 Å².